The van der Waals surface area contributed by atoms with E-state index >= 15 is 0 Å². The van der Waals surface area contributed by atoms with Crippen LogP contribution in [0.5, 0.6) is 0 Å². The molecule has 0 atom stereocenters. The van der Waals surface area contributed by atoms with Gasteiger partial charge in [0.05, 0.1) is 12.7 Å². The first-order valence-corrected chi connectivity index (χ1v) is 9.86. The molecular weight excluding hydrogens is 456 g/mol. The molecule has 0 fully saturated rings. The van der Waals surface area contributed by atoms with E-state index in [4.69, 9.17) is 4.74 Å². The molecule has 2 amide bonds. The van der Waals surface area contributed by atoms with Crippen molar-refractivity contribution >= 4 is 51.1 Å². The van der Waals surface area contributed by atoms with Gasteiger partial charge < -0.3 is 20.1 Å². The van der Waals surface area contributed by atoms with E-state index in [-0.39, 0.29) is 18.7 Å². The van der Waals surface area contributed by atoms with E-state index in [1.807, 2.05) is 12.1 Å². The van der Waals surface area contributed by atoms with Crippen molar-refractivity contribution in [2.75, 3.05) is 24.4 Å². The second-order valence-corrected chi connectivity index (χ2v) is 7.10. The molecule has 0 saturated carbocycles. The number of rotatable bonds is 9. The van der Waals surface area contributed by atoms with Crippen LogP contribution < -0.4 is 10.6 Å². The molecule has 2 aromatic rings. The van der Waals surface area contributed by atoms with Crippen molar-refractivity contribution in [3.63, 3.8) is 0 Å². The molecule has 158 valence electrons. The Morgan fingerprint density at radius 1 is 0.833 bits per heavy atom. The predicted octanol–water partition coefficient (Wildman–Crippen LogP) is 3.53. The zero-order chi connectivity index (χ0) is 21.9. The predicted molar refractivity (Wildman–Crippen MR) is 114 cm³/mol. The lowest BCUT2D eigenvalue weighted by Gasteiger charge is -2.08. The minimum Gasteiger partial charge on any atom is -0.465 e. The van der Waals surface area contributed by atoms with Gasteiger partial charge in [0.15, 0.2) is 6.61 Å². The Morgan fingerprint density at radius 3 is 2.00 bits per heavy atom. The summed E-state index contributed by atoms with van der Waals surface area (Å²) >= 11 is 3.31. The van der Waals surface area contributed by atoms with Crippen LogP contribution in [-0.4, -0.2) is 37.5 Å². The number of anilines is 2. The van der Waals surface area contributed by atoms with Gasteiger partial charge in [0.25, 0.3) is 5.91 Å². The lowest BCUT2D eigenvalue weighted by Crippen LogP contribution is -2.21. The summed E-state index contributed by atoms with van der Waals surface area (Å²) in [6.07, 6.45) is 0.483. The maximum absolute atomic E-state index is 11.9. The second-order valence-electron chi connectivity index (χ2n) is 6.19. The fraction of sp³-hybridized carbons (Fsp3) is 0.238. The highest BCUT2D eigenvalue weighted by atomic mass is 79.9. The highest BCUT2D eigenvalue weighted by molar-refractivity contribution is 9.10. The van der Waals surface area contributed by atoms with Crippen LogP contribution in [0.15, 0.2) is 53.0 Å². The topological polar surface area (TPSA) is 111 Å². The molecule has 0 saturated heterocycles. The number of methoxy groups -OCH3 is 1. The van der Waals surface area contributed by atoms with Gasteiger partial charge in [-0.2, -0.15) is 0 Å². The Kier molecular flexibility index (Phi) is 9.02. The summed E-state index contributed by atoms with van der Waals surface area (Å²) in [5, 5.41) is 5.28. The largest absolute Gasteiger partial charge is 0.465 e. The third kappa shape index (κ3) is 8.04. The lowest BCUT2D eigenvalue weighted by atomic mass is 10.2. The Bertz CT molecular complexity index is 897. The van der Waals surface area contributed by atoms with E-state index in [0.717, 1.165) is 4.47 Å². The maximum atomic E-state index is 11.9. The number of benzene rings is 2. The first-order chi connectivity index (χ1) is 14.4. The quantitative estimate of drug-likeness (QED) is 0.535. The monoisotopic (exact) mass is 476 g/mol. The van der Waals surface area contributed by atoms with Gasteiger partial charge in [-0.05, 0) is 55.0 Å². The molecule has 0 radical (unpaired) electrons. The summed E-state index contributed by atoms with van der Waals surface area (Å²) in [6, 6.07) is 13.2. The number of amides is 2. The number of hydrogen-bond donors (Lipinski definition) is 2. The number of carbonyl (C=O) groups is 4. The molecule has 2 N–H and O–H groups in total. The highest BCUT2D eigenvalue weighted by Crippen LogP contribution is 2.14. The number of esters is 2. The number of carbonyl (C=O) groups excluding carboxylic acids is 4. The number of ether oxygens (including phenoxy) is 2. The van der Waals surface area contributed by atoms with Crippen molar-refractivity contribution in [2.24, 2.45) is 0 Å². The van der Waals surface area contributed by atoms with Crippen molar-refractivity contribution in [3.8, 4) is 0 Å². The summed E-state index contributed by atoms with van der Waals surface area (Å²) in [5.41, 5.74) is 1.47. The minimum atomic E-state index is -0.567. The number of nitrogens with one attached hydrogen (secondary N) is 2. The van der Waals surface area contributed by atoms with Crippen LogP contribution >= 0.6 is 15.9 Å². The fourth-order valence-electron chi connectivity index (χ4n) is 2.37. The third-order valence-corrected chi connectivity index (χ3v) is 4.40. The van der Waals surface area contributed by atoms with Gasteiger partial charge in [0.2, 0.25) is 5.91 Å². The average molecular weight is 477 g/mol. The Labute approximate surface area is 182 Å². The standard InChI is InChI=1S/C21H21BrN2O6/c1-29-21(28)14-5-9-16(10-6-14)24-19(26)13-30-20(27)4-2-3-18(25)23-17-11-7-15(22)8-12-17/h5-12H,2-4,13H2,1H3,(H,23,25)(H,24,26). The lowest BCUT2D eigenvalue weighted by molar-refractivity contribution is -0.147. The Hall–Kier alpha value is -3.20. The SMILES string of the molecule is COC(=O)c1ccc(NC(=O)COC(=O)CCCC(=O)Nc2ccc(Br)cc2)cc1. The van der Waals surface area contributed by atoms with Crippen LogP contribution in [0, 0.1) is 0 Å². The summed E-state index contributed by atoms with van der Waals surface area (Å²) in [4.78, 5) is 46.8. The minimum absolute atomic E-state index is 0.0227. The van der Waals surface area contributed by atoms with Crippen LogP contribution in [0.1, 0.15) is 29.6 Å². The molecule has 0 heterocycles. The second kappa shape index (κ2) is 11.7. The van der Waals surface area contributed by atoms with Gasteiger partial charge in [-0.3, -0.25) is 14.4 Å². The molecule has 0 aliphatic carbocycles. The fourth-order valence-corrected chi connectivity index (χ4v) is 2.64. The van der Waals surface area contributed by atoms with Gasteiger partial charge in [0, 0.05) is 28.7 Å². The number of hydrogen-bond acceptors (Lipinski definition) is 6. The average Bonchev–Trinajstić information content (AvgIpc) is 2.74. The normalized spacial score (nSPS) is 10.1. The molecule has 2 rings (SSSR count). The van der Waals surface area contributed by atoms with Crippen LogP contribution in [0.2, 0.25) is 0 Å². The Balaban J connectivity index is 1.64. The maximum Gasteiger partial charge on any atom is 0.337 e. The number of halogens is 1. The van der Waals surface area contributed by atoms with Crippen LogP contribution in [0.4, 0.5) is 11.4 Å². The van der Waals surface area contributed by atoms with Crippen molar-refractivity contribution in [1.82, 2.24) is 0 Å². The van der Waals surface area contributed by atoms with Gasteiger partial charge >= 0.3 is 11.9 Å². The van der Waals surface area contributed by atoms with Gasteiger partial charge in [-0.25, -0.2) is 4.79 Å². The van der Waals surface area contributed by atoms with Gasteiger partial charge in [-0.15, -0.1) is 0 Å². The zero-order valence-corrected chi connectivity index (χ0v) is 17.9. The molecule has 0 aliphatic heterocycles. The summed E-state index contributed by atoms with van der Waals surface area (Å²) in [7, 11) is 1.28. The van der Waals surface area contributed by atoms with Gasteiger partial charge in [-0.1, -0.05) is 15.9 Å². The molecule has 0 aromatic heterocycles. The van der Waals surface area contributed by atoms with E-state index in [9.17, 15) is 19.2 Å². The summed E-state index contributed by atoms with van der Waals surface area (Å²) < 4.78 is 10.4. The van der Waals surface area contributed by atoms with E-state index < -0.39 is 24.5 Å². The van der Waals surface area contributed by atoms with Gasteiger partial charge in [0.1, 0.15) is 0 Å². The van der Waals surface area contributed by atoms with Crippen molar-refractivity contribution < 1.29 is 28.7 Å². The summed E-state index contributed by atoms with van der Waals surface area (Å²) in [5.74, 6) is -1.77. The van der Waals surface area contributed by atoms with Crippen LogP contribution in [0.25, 0.3) is 0 Å². The molecule has 8 nitrogen and oxygen atoms in total. The molecule has 2 aromatic carbocycles. The molecular formula is C21H21BrN2O6. The molecule has 0 aliphatic rings. The molecule has 30 heavy (non-hydrogen) atoms. The van der Waals surface area contributed by atoms with E-state index in [1.54, 1.807) is 12.1 Å². The van der Waals surface area contributed by atoms with Crippen LogP contribution in [0.3, 0.4) is 0 Å². The van der Waals surface area contributed by atoms with E-state index in [1.165, 1.54) is 31.4 Å². The molecule has 9 heteroatoms. The van der Waals surface area contributed by atoms with Crippen molar-refractivity contribution in [1.29, 1.82) is 0 Å². The third-order valence-electron chi connectivity index (χ3n) is 3.87. The first-order valence-electron chi connectivity index (χ1n) is 9.06. The van der Waals surface area contributed by atoms with E-state index in [0.29, 0.717) is 23.4 Å². The molecule has 0 unspecified atom stereocenters. The molecule has 0 bridgehead atoms. The van der Waals surface area contributed by atoms with E-state index in [2.05, 4.69) is 31.3 Å². The molecule has 0 spiro atoms. The highest BCUT2D eigenvalue weighted by Gasteiger charge is 2.10. The van der Waals surface area contributed by atoms with Crippen LogP contribution in [-0.2, 0) is 23.9 Å². The van der Waals surface area contributed by atoms with Crippen molar-refractivity contribution in [3.05, 3.63) is 58.6 Å². The zero-order valence-electron chi connectivity index (χ0n) is 16.3. The Morgan fingerprint density at radius 2 is 1.40 bits per heavy atom. The van der Waals surface area contributed by atoms with Crippen molar-refractivity contribution in [2.45, 2.75) is 19.3 Å². The summed E-state index contributed by atoms with van der Waals surface area (Å²) in [6.45, 7) is -0.442. The smallest absolute Gasteiger partial charge is 0.337 e. The first kappa shape index (κ1) is 23.1.